The van der Waals surface area contributed by atoms with Gasteiger partial charge in [0.05, 0.1) is 17.5 Å². The van der Waals surface area contributed by atoms with E-state index >= 15 is 0 Å². The van der Waals surface area contributed by atoms with E-state index in [0.29, 0.717) is 6.54 Å². The summed E-state index contributed by atoms with van der Waals surface area (Å²) in [5, 5.41) is 0. The van der Waals surface area contributed by atoms with Gasteiger partial charge >= 0.3 is 0 Å². The van der Waals surface area contributed by atoms with Gasteiger partial charge in [0.2, 0.25) is 0 Å². The number of anilines is 2. The number of fused-ring (bicyclic) bond motifs is 1. The minimum atomic E-state index is -0.334. The summed E-state index contributed by atoms with van der Waals surface area (Å²) in [4.78, 5) is 16.9. The number of hydrogen-bond donors (Lipinski definition) is 1. The van der Waals surface area contributed by atoms with Crippen molar-refractivity contribution in [2.45, 2.75) is 32.0 Å². The molecule has 0 unspecified atom stereocenters. The number of amides is 1. The molecular formula is C16H25Cl2N3O2. The van der Waals surface area contributed by atoms with E-state index in [4.69, 9.17) is 10.5 Å². The molecular weight excluding hydrogens is 337 g/mol. The molecule has 2 atom stereocenters. The van der Waals surface area contributed by atoms with Gasteiger partial charge in [-0.25, -0.2) is 0 Å². The molecule has 2 aliphatic heterocycles. The van der Waals surface area contributed by atoms with Gasteiger partial charge in [-0.1, -0.05) is 12.1 Å². The predicted molar refractivity (Wildman–Crippen MR) is 98.1 cm³/mol. The minimum Gasteiger partial charge on any atom is -0.368 e. The van der Waals surface area contributed by atoms with Gasteiger partial charge in [-0.15, -0.1) is 24.8 Å². The third-order valence-corrected chi connectivity index (χ3v) is 4.40. The van der Waals surface area contributed by atoms with E-state index in [1.165, 1.54) is 0 Å². The Hall–Kier alpha value is -1.01. The van der Waals surface area contributed by atoms with E-state index in [9.17, 15) is 4.79 Å². The fraction of sp³-hybridized carbons (Fsp3) is 0.562. The summed E-state index contributed by atoms with van der Waals surface area (Å²) in [5.41, 5.74) is 7.76. The maximum atomic E-state index is 12.8. The number of ether oxygens (including phenoxy) is 1. The standard InChI is InChI=1S/C16H23N3O2.2ClH/c1-2-18-9-10-19(14-6-4-3-5-13(14)18)16(20)15-8-7-12(11-17)21-15;;/h3-6,12,15H,2,7-11,17H2,1H3;2*1H/t12-,15+;;/m1../s1. The Morgan fingerprint density at radius 3 is 2.52 bits per heavy atom. The van der Waals surface area contributed by atoms with Gasteiger partial charge in [0.1, 0.15) is 6.10 Å². The molecule has 0 aromatic heterocycles. The van der Waals surface area contributed by atoms with Crippen LogP contribution in [0.1, 0.15) is 19.8 Å². The van der Waals surface area contributed by atoms with Crippen molar-refractivity contribution >= 4 is 42.1 Å². The molecule has 5 nitrogen and oxygen atoms in total. The van der Waals surface area contributed by atoms with Gasteiger partial charge in [0, 0.05) is 26.2 Å². The molecule has 7 heteroatoms. The van der Waals surface area contributed by atoms with Crippen LogP contribution in [-0.2, 0) is 9.53 Å². The monoisotopic (exact) mass is 361 g/mol. The van der Waals surface area contributed by atoms with E-state index < -0.39 is 0 Å². The molecule has 1 aromatic carbocycles. The summed E-state index contributed by atoms with van der Waals surface area (Å²) in [6.07, 6.45) is 1.35. The summed E-state index contributed by atoms with van der Waals surface area (Å²) in [5.74, 6) is 0.0779. The number of likely N-dealkylation sites (N-methyl/N-ethyl adjacent to an activating group) is 1. The number of para-hydroxylation sites is 2. The molecule has 2 heterocycles. The molecule has 0 spiro atoms. The van der Waals surface area contributed by atoms with E-state index in [2.05, 4.69) is 17.9 Å². The zero-order valence-corrected chi connectivity index (χ0v) is 14.9. The van der Waals surface area contributed by atoms with E-state index in [1.54, 1.807) is 0 Å². The second kappa shape index (κ2) is 8.73. The number of benzene rings is 1. The quantitative estimate of drug-likeness (QED) is 0.896. The summed E-state index contributed by atoms with van der Waals surface area (Å²) in [6.45, 7) is 5.17. The second-order valence-electron chi connectivity index (χ2n) is 5.62. The van der Waals surface area contributed by atoms with Crippen molar-refractivity contribution in [3.63, 3.8) is 0 Å². The van der Waals surface area contributed by atoms with Crippen LogP contribution in [0.5, 0.6) is 0 Å². The first-order chi connectivity index (χ1) is 10.2. The highest BCUT2D eigenvalue weighted by Crippen LogP contribution is 2.34. The second-order valence-corrected chi connectivity index (χ2v) is 5.62. The fourth-order valence-electron chi connectivity index (χ4n) is 3.21. The minimum absolute atomic E-state index is 0. The van der Waals surface area contributed by atoms with Crippen LogP contribution >= 0.6 is 24.8 Å². The molecule has 2 aliphatic rings. The van der Waals surface area contributed by atoms with Crippen molar-refractivity contribution in [2.24, 2.45) is 5.73 Å². The van der Waals surface area contributed by atoms with Crippen LogP contribution in [0.3, 0.4) is 0 Å². The third kappa shape index (κ3) is 3.91. The number of rotatable bonds is 3. The summed E-state index contributed by atoms with van der Waals surface area (Å²) in [6, 6.07) is 8.10. The highest BCUT2D eigenvalue weighted by Gasteiger charge is 2.35. The molecule has 1 saturated heterocycles. The summed E-state index contributed by atoms with van der Waals surface area (Å²) in [7, 11) is 0. The molecule has 23 heavy (non-hydrogen) atoms. The summed E-state index contributed by atoms with van der Waals surface area (Å²) < 4.78 is 5.76. The Labute approximate surface area is 150 Å². The Morgan fingerprint density at radius 1 is 1.22 bits per heavy atom. The van der Waals surface area contributed by atoms with Crippen LogP contribution in [0.25, 0.3) is 0 Å². The first kappa shape index (κ1) is 20.0. The highest BCUT2D eigenvalue weighted by atomic mass is 35.5. The SMILES string of the molecule is CCN1CCN(C(=O)[C@@H]2CC[C@H](CN)O2)c2ccccc21.Cl.Cl. The maximum absolute atomic E-state index is 12.8. The van der Waals surface area contributed by atoms with Crippen LogP contribution in [-0.4, -0.2) is 44.3 Å². The molecule has 0 bridgehead atoms. The predicted octanol–water partition coefficient (Wildman–Crippen LogP) is 2.21. The van der Waals surface area contributed by atoms with Gasteiger partial charge in [0.15, 0.2) is 0 Å². The van der Waals surface area contributed by atoms with Crippen molar-refractivity contribution in [2.75, 3.05) is 36.0 Å². The Morgan fingerprint density at radius 2 is 1.91 bits per heavy atom. The number of carbonyl (C=O) groups excluding carboxylic acids is 1. The lowest BCUT2D eigenvalue weighted by Crippen LogP contribution is -2.47. The number of nitrogens with zero attached hydrogens (tertiary/aromatic N) is 2. The van der Waals surface area contributed by atoms with Crippen LogP contribution in [0, 0.1) is 0 Å². The van der Waals surface area contributed by atoms with Crippen molar-refractivity contribution < 1.29 is 9.53 Å². The normalized spacial score (nSPS) is 22.9. The van der Waals surface area contributed by atoms with Gasteiger partial charge in [-0.05, 0) is 31.9 Å². The lowest BCUT2D eigenvalue weighted by Gasteiger charge is -2.38. The smallest absolute Gasteiger partial charge is 0.256 e. The van der Waals surface area contributed by atoms with Crippen molar-refractivity contribution in [3.8, 4) is 0 Å². The molecule has 1 aromatic rings. The van der Waals surface area contributed by atoms with Crippen molar-refractivity contribution in [1.82, 2.24) is 0 Å². The van der Waals surface area contributed by atoms with E-state index in [0.717, 1.165) is 43.9 Å². The third-order valence-electron chi connectivity index (χ3n) is 4.40. The van der Waals surface area contributed by atoms with Gasteiger partial charge in [-0.2, -0.15) is 0 Å². The van der Waals surface area contributed by atoms with Gasteiger partial charge < -0.3 is 20.3 Å². The molecule has 130 valence electrons. The van der Waals surface area contributed by atoms with E-state index in [1.807, 2.05) is 23.1 Å². The lowest BCUT2D eigenvalue weighted by atomic mass is 10.1. The van der Waals surface area contributed by atoms with Crippen LogP contribution in [0.4, 0.5) is 11.4 Å². The van der Waals surface area contributed by atoms with Crippen molar-refractivity contribution in [3.05, 3.63) is 24.3 Å². The van der Waals surface area contributed by atoms with Crippen LogP contribution in [0.2, 0.25) is 0 Å². The molecule has 0 radical (unpaired) electrons. The largest absolute Gasteiger partial charge is 0.368 e. The molecule has 0 aliphatic carbocycles. The summed E-state index contributed by atoms with van der Waals surface area (Å²) >= 11 is 0. The highest BCUT2D eigenvalue weighted by molar-refractivity contribution is 6.00. The zero-order chi connectivity index (χ0) is 14.8. The molecule has 1 amide bonds. The van der Waals surface area contributed by atoms with Crippen molar-refractivity contribution in [1.29, 1.82) is 0 Å². The number of nitrogens with two attached hydrogens (primary N) is 1. The van der Waals surface area contributed by atoms with Crippen LogP contribution in [0.15, 0.2) is 24.3 Å². The molecule has 2 N–H and O–H groups in total. The zero-order valence-electron chi connectivity index (χ0n) is 13.3. The first-order valence-electron chi connectivity index (χ1n) is 7.75. The molecule has 3 rings (SSSR count). The number of hydrogen-bond acceptors (Lipinski definition) is 4. The Balaban J connectivity index is 0.00000132. The lowest BCUT2D eigenvalue weighted by molar-refractivity contribution is -0.129. The van der Waals surface area contributed by atoms with E-state index in [-0.39, 0.29) is 42.9 Å². The molecule has 1 fully saturated rings. The maximum Gasteiger partial charge on any atom is 0.256 e. The number of halogens is 2. The topological polar surface area (TPSA) is 58.8 Å². The first-order valence-corrected chi connectivity index (χ1v) is 7.75. The average molecular weight is 362 g/mol. The Kier molecular flexibility index (Phi) is 7.61. The van der Waals surface area contributed by atoms with Gasteiger partial charge in [0.25, 0.3) is 5.91 Å². The average Bonchev–Trinajstić information content (AvgIpc) is 3.02. The fourth-order valence-corrected chi connectivity index (χ4v) is 3.21. The van der Waals surface area contributed by atoms with Gasteiger partial charge in [-0.3, -0.25) is 4.79 Å². The molecule has 0 saturated carbocycles. The van der Waals surface area contributed by atoms with Crippen LogP contribution < -0.4 is 15.5 Å². The number of carbonyl (C=O) groups is 1. The Bertz CT molecular complexity index is 530.